The molecule has 1 aromatic heterocycles. The summed E-state index contributed by atoms with van der Waals surface area (Å²) in [6.45, 7) is 6.99. The molecule has 3 amide bonds. The second kappa shape index (κ2) is 9.39. The van der Waals surface area contributed by atoms with E-state index >= 15 is 0 Å². The fraction of sp³-hybridized carbons (Fsp3) is 0.381. The average molecular weight is 479 g/mol. The highest BCUT2D eigenvalue weighted by molar-refractivity contribution is 7.85. The summed E-state index contributed by atoms with van der Waals surface area (Å²) in [6.07, 6.45) is 0. The summed E-state index contributed by atoms with van der Waals surface area (Å²) < 4.78 is 11.6. The number of carbonyl (C=O) groups is 2. The number of anilines is 2. The Bertz CT molecular complexity index is 1080. The van der Waals surface area contributed by atoms with E-state index in [1.165, 1.54) is 23.5 Å². The number of benzene rings is 1. The molecule has 2 N–H and O–H groups in total. The number of nitrogens with one attached hydrogen (secondary N) is 2. The zero-order valence-electron chi connectivity index (χ0n) is 17.5. The number of urea groups is 1. The smallest absolute Gasteiger partial charge is 0.324 e. The first-order valence-electron chi connectivity index (χ1n) is 9.64. The summed E-state index contributed by atoms with van der Waals surface area (Å²) in [4.78, 5) is 28.4. The number of thiophene rings is 1. The average Bonchev–Trinajstić information content (AvgIpc) is 3.12. The molecule has 1 aliphatic rings. The Balaban J connectivity index is 1.82. The van der Waals surface area contributed by atoms with Crippen LogP contribution in [-0.4, -0.2) is 45.6 Å². The van der Waals surface area contributed by atoms with Crippen molar-refractivity contribution in [3.05, 3.63) is 45.3 Å². The molecule has 0 atom stereocenters. The van der Waals surface area contributed by atoms with Crippen molar-refractivity contribution < 1.29 is 13.8 Å². The lowest BCUT2D eigenvalue weighted by molar-refractivity contribution is 0.0772. The molecule has 0 unspecified atom stereocenters. The van der Waals surface area contributed by atoms with Crippen LogP contribution in [0.5, 0.6) is 0 Å². The number of rotatable bonds is 3. The Kier molecular flexibility index (Phi) is 7.04. The Hall–Kier alpha value is -2.41. The van der Waals surface area contributed by atoms with Crippen molar-refractivity contribution in [3.63, 3.8) is 0 Å². The number of amides is 3. The summed E-state index contributed by atoms with van der Waals surface area (Å²) in [5.41, 5.74) is 0.979. The van der Waals surface area contributed by atoms with E-state index in [2.05, 4.69) is 10.6 Å². The van der Waals surface area contributed by atoms with Gasteiger partial charge in [0.2, 0.25) is 0 Å². The molecule has 7 nitrogen and oxygen atoms in total. The first-order chi connectivity index (χ1) is 14.6. The molecule has 0 radical (unpaired) electrons. The minimum atomic E-state index is -0.886. The van der Waals surface area contributed by atoms with E-state index in [4.69, 9.17) is 16.9 Å². The van der Waals surface area contributed by atoms with Gasteiger partial charge in [-0.2, -0.15) is 5.26 Å². The van der Waals surface area contributed by atoms with Gasteiger partial charge in [-0.05, 0) is 29.7 Å². The lowest BCUT2D eigenvalue weighted by Crippen LogP contribution is -2.42. The first-order valence-corrected chi connectivity index (χ1v) is 12.3. The monoisotopic (exact) mass is 478 g/mol. The molecule has 1 aliphatic heterocycles. The number of carbonyl (C=O) groups excluding carboxylic acids is 2. The third kappa shape index (κ3) is 5.64. The molecule has 0 bridgehead atoms. The molecule has 3 rings (SSSR count). The van der Waals surface area contributed by atoms with Crippen molar-refractivity contribution in [1.29, 1.82) is 5.26 Å². The largest absolute Gasteiger partial charge is 0.337 e. The van der Waals surface area contributed by atoms with Crippen LogP contribution in [0.4, 0.5) is 15.5 Å². The number of hydrogen-bond acceptors (Lipinski definition) is 5. The maximum atomic E-state index is 13.1. The van der Waals surface area contributed by atoms with E-state index in [0.717, 1.165) is 4.88 Å². The van der Waals surface area contributed by atoms with Gasteiger partial charge in [0, 0.05) is 46.0 Å². The van der Waals surface area contributed by atoms with Crippen molar-refractivity contribution >= 4 is 56.4 Å². The topological polar surface area (TPSA) is 102 Å². The molecule has 1 aromatic carbocycles. The van der Waals surface area contributed by atoms with Crippen molar-refractivity contribution in [2.24, 2.45) is 0 Å². The highest BCUT2D eigenvalue weighted by Crippen LogP contribution is 2.37. The van der Waals surface area contributed by atoms with Gasteiger partial charge >= 0.3 is 6.03 Å². The molecule has 1 saturated heterocycles. The second-order valence-electron chi connectivity index (χ2n) is 8.13. The van der Waals surface area contributed by atoms with Crippen LogP contribution < -0.4 is 10.6 Å². The Morgan fingerprint density at radius 2 is 1.87 bits per heavy atom. The maximum absolute atomic E-state index is 13.1. The van der Waals surface area contributed by atoms with Gasteiger partial charge in [-0.15, -0.1) is 11.3 Å². The van der Waals surface area contributed by atoms with Crippen LogP contribution in [0.25, 0.3) is 0 Å². The van der Waals surface area contributed by atoms with Crippen LogP contribution in [0.3, 0.4) is 0 Å². The van der Waals surface area contributed by atoms with E-state index in [9.17, 15) is 13.8 Å². The molecule has 0 saturated carbocycles. The van der Waals surface area contributed by atoms with E-state index in [0.29, 0.717) is 46.4 Å². The molecular formula is C21H23ClN4O3S2. The summed E-state index contributed by atoms with van der Waals surface area (Å²) >= 11 is 7.38. The molecule has 2 heterocycles. The molecule has 0 spiro atoms. The third-order valence-electron chi connectivity index (χ3n) is 4.74. The summed E-state index contributed by atoms with van der Waals surface area (Å²) in [5.74, 6) is 0.746. The number of halogens is 1. The van der Waals surface area contributed by atoms with Crippen molar-refractivity contribution in [2.75, 3.05) is 35.2 Å². The Labute approximate surface area is 192 Å². The van der Waals surface area contributed by atoms with Gasteiger partial charge < -0.3 is 10.2 Å². The minimum Gasteiger partial charge on any atom is -0.337 e. The zero-order valence-corrected chi connectivity index (χ0v) is 19.8. The predicted molar refractivity (Wildman–Crippen MR) is 126 cm³/mol. The minimum absolute atomic E-state index is 0.180. The van der Waals surface area contributed by atoms with E-state index in [1.54, 1.807) is 11.0 Å². The Morgan fingerprint density at radius 1 is 1.19 bits per heavy atom. The van der Waals surface area contributed by atoms with Crippen molar-refractivity contribution in [2.45, 2.75) is 26.2 Å². The molecular weight excluding hydrogens is 456 g/mol. The first kappa shape index (κ1) is 23.3. The van der Waals surface area contributed by atoms with Crippen LogP contribution in [0.1, 0.15) is 41.6 Å². The molecule has 10 heteroatoms. The van der Waals surface area contributed by atoms with Crippen LogP contribution >= 0.6 is 22.9 Å². The van der Waals surface area contributed by atoms with Crippen LogP contribution in [0, 0.1) is 11.3 Å². The van der Waals surface area contributed by atoms with Crippen LogP contribution in [0.2, 0.25) is 5.02 Å². The fourth-order valence-corrected chi connectivity index (χ4v) is 5.35. The Morgan fingerprint density at radius 3 is 2.45 bits per heavy atom. The molecule has 2 aromatic rings. The van der Waals surface area contributed by atoms with Crippen molar-refractivity contribution in [1.82, 2.24) is 4.90 Å². The summed E-state index contributed by atoms with van der Waals surface area (Å²) in [5, 5.41) is 15.1. The van der Waals surface area contributed by atoms with Gasteiger partial charge in [0.25, 0.3) is 5.91 Å². The van der Waals surface area contributed by atoms with Crippen LogP contribution in [-0.2, 0) is 16.2 Å². The van der Waals surface area contributed by atoms with Gasteiger partial charge in [0.05, 0.1) is 16.1 Å². The van der Waals surface area contributed by atoms with Crippen molar-refractivity contribution in [3.8, 4) is 6.07 Å². The predicted octanol–water partition coefficient (Wildman–Crippen LogP) is 4.42. The number of hydrogen-bond donors (Lipinski definition) is 2. The molecule has 164 valence electrons. The van der Waals surface area contributed by atoms with E-state index in [1.807, 2.05) is 32.9 Å². The van der Waals surface area contributed by atoms with Gasteiger partial charge in [-0.3, -0.25) is 14.3 Å². The summed E-state index contributed by atoms with van der Waals surface area (Å²) in [7, 11) is -0.886. The van der Waals surface area contributed by atoms with Gasteiger partial charge in [0.1, 0.15) is 11.1 Å². The fourth-order valence-electron chi connectivity index (χ4n) is 2.97. The number of nitrogens with zero attached hydrogens (tertiary/aromatic N) is 2. The second-order valence-corrected chi connectivity index (χ2v) is 11.3. The highest BCUT2D eigenvalue weighted by atomic mass is 35.5. The van der Waals surface area contributed by atoms with Gasteiger partial charge in [-0.25, -0.2) is 4.79 Å². The lowest BCUT2D eigenvalue weighted by Gasteiger charge is -2.26. The quantitative estimate of drug-likeness (QED) is 0.681. The zero-order chi connectivity index (χ0) is 22.8. The van der Waals surface area contributed by atoms with Gasteiger partial charge in [0.15, 0.2) is 0 Å². The molecule has 0 aliphatic carbocycles. The van der Waals surface area contributed by atoms with E-state index in [-0.39, 0.29) is 16.3 Å². The van der Waals surface area contributed by atoms with Gasteiger partial charge in [-0.1, -0.05) is 32.4 Å². The maximum Gasteiger partial charge on any atom is 0.324 e. The SMILES string of the molecule is CC(C)(C)c1cc(C(=O)N2CCS(=O)CC2)c(NC(=O)Nc2ccc(C#N)c(Cl)c2)s1. The van der Waals surface area contributed by atoms with E-state index < -0.39 is 16.8 Å². The summed E-state index contributed by atoms with van der Waals surface area (Å²) in [6, 6.07) is 7.88. The standard InChI is InChI=1S/C21H23ClN4O3S2/c1-21(2,3)17-11-15(19(27)26-6-8-31(29)9-7-26)18(30-17)25-20(28)24-14-5-4-13(12-23)16(22)10-14/h4-5,10-11H,6-9H2,1-3H3,(H2,24,25,28). The number of nitriles is 1. The van der Waals surface area contributed by atoms with Crippen LogP contribution in [0.15, 0.2) is 24.3 Å². The normalized spacial score (nSPS) is 14.7. The molecule has 31 heavy (non-hydrogen) atoms. The lowest BCUT2D eigenvalue weighted by atomic mass is 9.94. The molecule has 1 fully saturated rings. The highest BCUT2D eigenvalue weighted by Gasteiger charge is 2.28. The third-order valence-corrected chi connectivity index (χ3v) is 7.81.